The van der Waals surface area contributed by atoms with Gasteiger partial charge < -0.3 is 129 Å². The molecule has 5 fully saturated rings. The van der Waals surface area contributed by atoms with Gasteiger partial charge in [0.15, 0.2) is 31.5 Å². The molecule has 16 N–H and O–H groups in total. The molecule has 65 heavy (non-hydrogen) atoms. The van der Waals surface area contributed by atoms with Gasteiger partial charge in [-0.3, -0.25) is 0 Å². The molecular weight excluding hydrogens is 890 g/mol. The van der Waals surface area contributed by atoms with E-state index in [1.807, 2.05) is 0 Å². The summed E-state index contributed by atoms with van der Waals surface area (Å²) >= 11 is 0. The zero-order valence-corrected chi connectivity index (χ0v) is 34.8. The van der Waals surface area contributed by atoms with Gasteiger partial charge in [0.25, 0.3) is 0 Å². The average Bonchev–Trinajstić information content (AvgIpc) is 3.30. The molecule has 29 heteroatoms. The predicted molar refractivity (Wildman–Crippen MR) is 203 cm³/mol. The molecule has 5 aliphatic rings. The first-order valence-electron chi connectivity index (χ1n) is 21.1. The van der Waals surface area contributed by atoms with Gasteiger partial charge in [0, 0.05) is 18.1 Å². The fraction of sp³-hybridized carbons (Fsp3) is 1.00. The van der Waals surface area contributed by atoms with E-state index in [2.05, 4.69) is 10.0 Å². The molecule has 0 amide bonds. The molecule has 0 aromatic carbocycles. The van der Waals surface area contributed by atoms with E-state index in [0.29, 0.717) is 32.2 Å². The molecular formula is C36H63N3O26. The van der Waals surface area contributed by atoms with Crippen molar-refractivity contribution in [2.75, 3.05) is 46.2 Å². The van der Waals surface area contributed by atoms with Gasteiger partial charge >= 0.3 is 0 Å². The molecule has 5 rings (SSSR count). The van der Waals surface area contributed by atoms with Crippen LogP contribution in [0.2, 0.25) is 0 Å². The van der Waals surface area contributed by atoms with Crippen molar-refractivity contribution in [1.82, 2.24) is 0 Å². The van der Waals surface area contributed by atoms with E-state index < -0.39 is 187 Å². The maximum atomic E-state index is 11.5. The van der Waals surface area contributed by atoms with Crippen LogP contribution in [0.3, 0.4) is 0 Å². The van der Waals surface area contributed by atoms with Crippen molar-refractivity contribution in [2.45, 2.75) is 179 Å². The summed E-state index contributed by atoms with van der Waals surface area (Å²) in [5, 5.41) is 173. The largest absolute Gasteiger partial charge is 0.394 e. The summed E-state index contributed by atoms with van der Waals surface area (Å²) in [5.41, 5.74) is 8.43. The van der Waals surface area contributed by atoms with Gasteiger partial charge in [0.05, 0.1) is 33.0 Å². The summed E-state index contributed by atoms with van der Waals surface area (Å²) in [6.45, 7) is -4.17. The molecule has 10 unspecified atom stereocenters. The molecule has 29 nitrogen and oxygen atoms in total. The number of unbranched alkanes of at least 4 members (excludes halogenated alkanes) is 3. The standard InChI is InChI=1S/C36H63N3O26/c37-39-38-5-3-1-2-4-6-56-36-31(23(51)18(46)13(8-41)61-36)65-35-27(55)30(21(49)16(11-44)60-35)64-34-26(54)29(20(48)15(10-43)59-34)63-33-25(53)28(19(47)14(9-42)58-33)62-32-24(52)22(50)17(45)12(7-40)57-32/h12-36,40-55H,1-11H2/t12?,13?,14?,15?,16?,17-,18-,19-,20-,21-,22+,23+,24?,25?,26?,27?,28+,29+,30+,31?,32-,33-,34-,35-,36+/m1/s1. The maximum absolute atomic E-state index is 11.5. The first kappa shape index (κ1) is 54.2. The van der Waals surface area contributed by atoms with Crippen LogP contribution >= 0.6 is 0 Å². The summed E-state index contributed by atoms with van der Waals surface area (Å²) in [5.74, 6) is 0. The zero-order chi connectivity index (χ0) is 47.7. The van der Waals surface area contributed by atoms with Gasteiger partial charge in [-0.05, 0) is 18.4 Å². The summed E-state index contributed by atoms with van der Waals surface area (Å²) in [7, 11) is 0. The van der Waals surface area contributed by atoms with Crippen LogP contribution in [0.4, 0.5) is 0 Å². The third-order valence-corrected chi connectivity index (χ3v) is 11.8. The molecule has 378 valence electrons. The second-order valence-corrected chi connectivity index (χ2v) is 16.2. The number of hydrogen-bond donors (Lipinski definition) is 16. The molecule has 0 aromatic rings. The number of aliphatic hydroxyl groups is 16. The average molecular weight is 954 g/mol. The Balaban J connectivity index is 1.31. The second-order valence-electron chi connectivity index (χ2n) is 16.2. The Morgan fingerprint density at radius 1 is 0.369 bits per heavy atom. The lowest BCUT2D eigenvalue weighted by Gasteiger charge is -2.49. The minimum Gasteiger partial charge on any atom is -0.394 e. The Bertz CT molecular complexity index is 1460. The highest BCUT2D eigenvalue weighted by Gasteiger charge is 2.57. The van der Waals surface area contributed by atoms with Crippen LogP contribution in [-0.4, -0.2) is 281 Å². The highest BCUT2D eigenvalue weighted by molar-refractivity contribution is 4.99. The molecule has 0 spiro atoms. The van der Waals surface area contributed by atoms with Gasteiger partial charge in [-0.15, -0.1) is 0 Å². The molecule has 5 aliphatic heterocycles. The van der Waals surface area contributed by atoms with Crippen molar-refractivity contribution in [3.63, 3.8) is 0 Å². The molecule has 0 aromatic heterocycles. The third-order valence-electron chi connectivity index (χ3n) is 11.8. The van der Waals surface area contributed by atoms with Crippen molar-refractivity contribution in [1.29, 1.82) is 0 Å². The van der Waals surface area contributed by atoms with E-state index in [1.165, 1.54) is 0 Å². The van der Waals surface area contributed by atoms with Crippen LogP contribution in [0.25, 0.3) is 10.4 Å². The van der Waals surface area contributed by atoms with Crippen LogP contribution in [0, 0.1) is 0 Å². The highest BCUT2D eigenvalue weighted by atomic mass is 16.8. The lowest BCUT2D eigenvalue weighted by Crippen LogP contribution is -2.68. The van der Waals surface area contributed by atoms with E-state index in [4.69, 9.17) is 52.9 Å². The van der Waals surface area contributed by atoms with Crippen molar-refractivity contribution in [2.24, 2.45) is 5.11 Å². The van der Waals surface area contributed by atoms with E-state index in [9.17, 15) is 81.7 Å². The monoisotopic (exact) mass is 953 g/mol. The van der Waals surface area contributed by atoms with Crippen LogP contribution in [0.1, 0.15) is 25.7 Å². The highest BCUT2D eigenvalue weighted by Crippen LogP contribution is 2.36. The summed E-state index contributed by atoms with van der Waals surface area (Å²) < 4.78 is 56.4. The van der Waals surface area contributed by atoms with Crippen LogP contribution < -0.4 is 0 Å². The minimum absolute atomic E-state index is 0.0128. The van der Waals surface area contributed by atoms with E-state index in [0.717, 1.165) is 0 Å². The van der Waals surface area contributed by atoms with E-state index in [1.54, 1.807) is 0 Å². The lowest BCUT2D eigenvalue weighted by molar-refractivity contribution is -0.397. The van der Waals surface area contributed by atoms with Gasteiger partial charge in [-0.1, -0.05) is 18.0 Å². The number of rotatable bonds is 21. The van der Waals surface area contributed by atoms with Crippen LogP contribution in [0.5, 0.6) is 0 Å². The van der Waals surface area contributed by atoms with Crippen LogP contribution in [0.15, 0.2) is 5.11 Å². The first-order chi connectivity index (χ1) is 31.1. The minimum atomic E-state index is -2.18. The van der Waals surface area contributed by atoms with Crippen LogP contribution in [-0.2, 0) is 47.4 Å². The zero-order valence-electron chi connectivity index (χ0n) is 34.8. The molecule has 25 atom stereocenters. The second kappa shape index (κ2) is 25.2. The van der Waals surface area contributed by atoms with Gasteiger partial charge in [-0.2, -0.15) is 0 Å². The van der Waals surface area contributed by atoms with Gasteiger partial charge in [0.2, 0.25) is 0 Å². The van der Waals surface area contributed by atoms with E-state index >= 15 is 0 Å². The molecule has 0 aliphatic carbocycles. The van der Waals surface area contributed by atoms with Crippen molar-refractivity contribution < 1.29 is 129 Å². The molecule has 0 radical (unpaired) electrons. The Morgan fingerprint density at radius 3 is 1.11 bits per heavy atom. The topological polar surface area (TPSA) is 465 Å². The Kier molecular flexibility index (Phi) is 21.0. The van der Waals surface area contributed by atoms with Crippen molar-refractivity contribution in [3.05, 3.63) is 10.4 Å². The van der Waals surface area contributed by atoms with Gasteiger partial charge in [0.1, 0.15) is 122 Å². The Labute approximate surface area is 369 Å². The third kappa shape index (κ3) is 12.5. The molecule has 5 saturated heterocycles. The summed E-state index contributed by atoms with van der Waals surface area (Å²) in [6.07, 6.45) is -43.8. The number of nitrogens with zero attached hydrogens (tertiary/aromatic N) is 3. The fourth-order valence-electron chi connectivity index (χ4n) is 8.00. The number of azide groups is 1. The first-order valence-corrected chi connectivity index (χ1v) is 21.1. The fourth-order valence-corrected chi connectivity index (χ4v) is 8.00. The molecule has 0 saturated carbocycles. The number of aliphatic hydroxyl groups excluding tert-OH is 16. The maximum Gasteiger partial charge on any atom is 0.187 e. The smallest absolute Gasteiger partial charge is 0.187 e. The normalized spacial score (nSPS) is 47.3. The quantitative estimate of drug-likeness (QED) is 0.0220. The number of hydrogen-bond acceptors (Lipinski definition) is 27. The summed E-state index contributed by atoms with van der Waals surface area (Å²) in [6, 6.07) is 0. The predicted octanol–water partition coefficient (Wildman–Crippen LogP) is -9.03. The van der Waals surface area contributed by atoms with Crippen molar-refractivity contribution in [3.8, 4) is 0 Å². The molecule has 0 bridgehead atoms. The van der Waals surface area contributed by atoms with E-state index in [-0.39, 0.29) is 6.61 Å². The Hall–Kier alpha value is -1.73. The Morgan fingerprint density at radius 2 is 0.708 bits per heavy atom. The summed E-state index contributed by atoms with van der Waals surface area (Å²) in [4.78, 5) is 2.69. The lowest BCUT2D eigenvalue weighted by atomic mass is 9.95. The van der Waals surface area contributed by atoms with Crippen molar-refractivity contribution >= 4 is 0 Å². The van der Waals surface area contributed by atoms with Gasteiger partial charge in [-0.25, -0.2) is 0 Å². The molecule has 5 heterocycles. The SMILES string of the molecule is [N-]=[N+]=NCCCCCCO[C@H]1OC(CO)[C@@H](O)[C@H](O)C1O[C@H]1OC(CO)[C@@H](O)[C@H](O[C@H]2OC(CO)[C@@H](O)[C@H](O[C@H]3OC(CO)[C@@H](O)[C@H](O[C@H]4OC(CO)[C@@H](O)[C@H](O)C4O)C3O)C2O)C1O. The number of ether oxygens (including phenoxy) is 10.